The molecule has 2 nitrogen and oxygen atoms in total. The van der Waals surface area contributed by atoms with E-state index in [0.29, 0.717) is 6.54 Å². The van der Waals surface area contributed by atoms with Crippen molar-refractivity contribution in [3.8, 4) is 5.75 Å². The Morgan fingerprint density at radius 2 is 2.06 bits per heavy atom. The Kier molecular flexibility index (Phi) is 4.43. The molecule has 2 rings (SSSR count). The van der Waals surface area contributed by atoms with Crippen molar-refractivity contribution in [3.05, 3.63) is 50.1 Å². The lowest BCUT2D eigenvalue weighted by molar-refractivity contribution is 0.216. The van der Waals surface area contributed by atoms with Gasteiger partial charge < -0.3 is 10.5 Å². The van der Waals surface area contributed by atoms with Crippen LogP contribution in [-0.2, 0) is 0 Å². The highest BCUT2D eigenvalue weighted by Gasteiger charge is 2.14. The van der Waals surface area contributed by atoms with E-state index in [2.05, 4.69) is 48.0 Å². The van der Waals surface area contributed by atoms with Crippen molar-refractivity contribution < 1.29 is 4.74 Å². The molecule has 4 heteroatoms. The van der Waals surface area contributed by atoms with Crippen LogP contribution >= 0.6 is 27.3 Å². The van der Waals surface area contributed by atoms with E-state index in [1.807, 2.05) is 12.1 Å². The van der Waals surface area contributed by atoms with Crippen LogP contribution in [-0.4, -0.2) is 6.54 Å². The van der Waals surface area contributed by atoms with Crippen molar-refractivity contribution in [2.24, 2.45) is 5.73 Å². The van der Waals surface area contributed by atoms with Crippen LogP contribution in [0.4, 0.5) is 0 Å². The standard InChI is InChI=1S/C14H16BrNOS/c1-9-3-4-11(10(2)7-9)17-12(8-16)13-5-6-14(15)18-13/h3-7,12H,8,16H2,1-2H3. The second kappa shape index (κ2) is 5.87. The molecule has 1 aromatic heterocycles. The Morgan fingerprint density at radius 1 is 1.28 bits per heavy atom. The molecule has 0 aliphatic carbocycles. The molecule has 0 fully saturated rings. The molecule has 1 heterocycles. The first-order valence-electron chi connectivity index (χ1n) is 5.79. The highest BCUT2D eigenvalue weighted by molar-refractivity contribution is 9.11. The predicted molar refractivity (Wildman–Crippen MR) is 80.4 cm³/mol. The van der Waals surface area contributed by atoms with Gasteiger partial charge >= 0.3 is 0 Å². The van der Waals surface area contributed by atoms with Gasteiger partial charge in [0.25, 0.3) is 0 Å². The maximum absolute atomic E-state index is 6.01. The van der Waals surface area contributed by atoms with Crippen LogP contribution in [0.3, 0.4) is 0 Å². The molecule has 18 heavy (non-hydrogen) atoms. The Hall–Kier alpha value is -0.840. The van der Waals surface area contributed by atoms with E-state index >= 15 is 0 Å². The summed E-state index contributed by atoms with van der Waals surface area (Å²) >= 11 is 5.12. The van der Waals surface area contributed by atoms with Crippen LogP contribution in [0.1, 0.15) is 22.1 Å². The maximum Gasteiger partial charge on any atom is 0.145 e. The zero-order valence-electron chi connectivity index (χ0n) is 10.4. The fourth-order valence-corrected chi connectivity index (χ4v) is 3.27. The van der Waals surface area contributed by atoms with Crippen molar-refractivity contribution in [3.63, 3.8) is 0 Å². The molecule has 1 atom stereocenters. The first-order chi connectivity index (χ1) is 8.60. The molecule has 2 N–H and O–H groups in total. The van der Waals surface area contributed by atoms with Gasteiger partial charge in [0.15, 0.2) is 0 Å². The second-order valence-corrected chi connectivity index (χ2v) is 6.75. The van der Waals surface area contributed by atoms with E-state index in [9.17, 15) is 0 Å². The molecule has 0 aliphatic rings. The third-order valence-electron chi connectivity index (χ3n) is 2.73. The Morgan fingerprint density at radius 3 is 2.61 bits per heavy atom. The minimum absolute atomic E-state index is 0.0808. The normalized spacial score (nSPS) is 12.4. The van der Waals surface area contributed by atoms with E-state index in [-0.39, 0.29) is 6.10 Å². The van der Waals surface area contributed by atoms with E-state index in [1.54, 1.807) is 11.3 Å². The van der Waals surface area contributed by atoms with Gasteiger partial charge in [-0.25, -0.2) is 0 Å². The molecule has 0 saturated heterocycles. The number of hydrogen-bond donors (Lipinski definition) is 1. The average Bonchev–Trinajstić information content (AvgIpc) is 2.75. The summed E-state index contributed by atoms with van der Waals surface area (Å²) in [5, 5.41) is 0. The lowest BCUT2D eigenvalue weighted by atomic mass is 10.1. The fourth-order valence-electron chi connectivity index (χ4n) is 1.81. The number of halogens is 1. The van der Waals surface area contributed by atoms with Crippen molar-refractivity contribution in [1.29, 1.82) is 0 Å². The summed E-state index contributed by atoms with van der Waals surface area (Å²) in [6.45, 7) is 4.61. The van der Waals surface area contributed by atoms with Gasteiger partial charge in [0.1, 0.15) is 11.9 Å². The first-order valence-corrected chi connectivity index (χ1v) is 7.40. The fraction of sp³-hybridized carbons (Fsp3) is 0.286. The van der Waals surface area contributed by atoms with E-state index < -0.39 is 0 Å². The lowest BCUT2D eigenvalue weighted by Crippen LogP contribution is -2.17. The molecular weight excluding hydrogens is 310 g/mol. The zero-order valence-corrected chi connectivity index (χ0v) is 12.8. The Labute approximate surface area is 120 Å². The zero-order chi connectivity index (χ0) is 13.1. The van der Waals surface area contributed by atoms with Crippen molar-refractivity contribution in [1.82, 2.24) is 0 Å². The van der Waals surface area contributed by atoms with Gasteiger partial charge in [0.2, 0.25) is 0 Å². The summed E-state index contributed by atoms with van der Waals surface area (Å²) in [6.07, 6.45) is -0.0808. The monoisotopic (exact) mass is 325 g/mol. The molecule has 0 saturated carbocycles. The third kappa shape index (κ3) is 3.13. The van der Waals surface area contributed by atoms with E-state index in [0.717, 1.165) is 20.0 Å². The molecule has 0 bridgehead atoms. The van der Waals surface area contributed by atoms with E-state index in [1.165, 1.54) is 5.56 Å². The van der Waals surface area contributed by atoms with Gasteiger partial charge in [-0.05, 0) is 53.5 Å². The second-order valence-electron chi connectivity index (χ2n) is 4.25. The maximum atomic E-state index is 6.01. The van der Waals surface area contributed by atoms with Crippen molar-refractivity contribution in [2.75, 3.05) is 6.54 Å². The number of thiophene rings is 1. The van der Waals surface area contributed by atoms with Gasteiger partial charge in [-0.2, -0.15) is 0 Å². The largest absolute Gasteiger partial charge is 0.483 e. The minimum Gasteiger partial charge on any atom is -0.483 e. The highest BCUT2D eigenvalue weighted by atomic mass is 79.9. The Balaban J connectivity index is 2.20. The average molecular weight is 326 g/mol. The lowest BCUT2D eigenvalue weighted by Gasteiger charge is -2.18. The van der Waals surface area contributed by atoms with Crippen LogP contribution in [0, 0.1) is 13.8 Å². The minimum atomic E-state index is -0.0808. The summed E-state index contributed by atoms with van der Waals surface area (Å²) in [5.74, 6) is 0.903. The van der Waals surface area contributed by atoms with E-state index in [4.69, 9.17) is 10.5 Å². The van der Waals surface area contributed by atoms with Gasteiger partial charge in [-0.1, -0.05) is 17.7 Å². The van der Waals surface area contributed by atoms with Crippen LogP contribution in [0.15, 0.2) is 34.1 Å². The summed E-state index contributed by atoms with van der Waals surface area (Å²) < 4.78 is 7.11. The van der Waals surface area contributed by atoms with Crippen LogP contribution in [0.25, 0.3) is 0 Å². The van der Waals surface area contributed by atoms with Gasteiger partial charge in [0.05, 0.1) is 3.79 Å². The molecule has 1 unspecified atom stereocenters. The number of hydrogen-bond acceptors (Lipinski definition) is 3. The van der Waals surface area contributed by atoms with Crippen molar-refractivity contribution in [2.45, 2.75) is 20.0 Å². The molecular formula is C14H16BrNOS. The molecule has 0 aliphatic heterocycles. The number of rotatable bonds is 4. The molecule has 96 valence electrons. The number of aryl methyl sites for hydroxylation is 2. The van der Waals surface area contributed by atoms with Crippen LogP contribution in [0.5, 0.6) is 5.75 Å². The topological polar surface area (TPSA) is 35.2 Å². The summed E-state index contributed by atoms with van der Waals surface area (Å²) in [5.41, 5.74) is 8.19. The van der Waals surface area contributed by atoms with Crippen LogP contribution < -0.4 is 10.5 Å². The highest BCUT2D eigenvalue weighted by Crippen LogP contribution is 2.31. The van der Waals surface area contributed by atoms with Gasteiger partial charge in [-0.3, -0.25) is 0 Å². The number of nitrogens with two attached hydrogens (primary N) is 1. The third-order valence-corrected chi connectivity index (χ3v) is 4.44. The van der Waals surface area contributed by atoms with Crippen molar-refractivity contribution >= 4 is 27.3 Å². The number of ether oxygens (including phenoxy) is 1. The molecule has 0 amide bonds. The molecule has 2 aromatic rings. The molecule has 1 aromatic carbocycles. The summed E-state index contributed by atoms with van der Waals surface area (Å²) in [4.78, 5) is 1.14. The SMILES string of the molecule is Cc1ccc(OC(CN)c2ccc(Br)s2)c(C)c1. The summed E-state index contributed by atoms with van der Waals surface area (Å²) in [6, 6.07) is 10.3. The quantitative estimate of drug-likeness (QED) is 0.914. The van der Waals surface area contributed by atoms with Crippen LogP contribution in [0.2, 0.25) is 0 Å². The Bertz CT molecular complexity index is 538. The predicted octanol–water partition coefficient (Wildman–Crippen LogP) is 4.21. The summed E-state index contributed by atoms with van der Waals surface area (Å²) in [7, 11) is 0. The number of benzene rings is 1. The molecule has 0 spiro atoms. The van der Waals surface area contributed by atoms with Gasteiger partial charge in [0, 0.05) is 11.4 Å². The molecule has 0 radical (unpaired) electrons. The first kappa shape index (κ1) is 13.6. The smallest absolute Gasteiger partial charge is 0.145 e. The van der Waals surface area contributed by atoms with Gasteiger partial charge in [-0.15, -0.1) is 11.3 Å².